The summed E-state index contributed by atoms with van der Waals surface area (Å²) in [5, 5.41) is 4.31. The number of fused-ring (bicyclic) bond motifs is 2. The maximum absolute atomic E-state index is 13.5. The Balaban J connectivity index is 1.70. The molecule has 1 atom stereocenters. The number of rotatable bonds is 1. The summed E-state index contributed by atoms with van der Waals surface area (Å²) in [6.07, 6.45) is 4.02. The molecule has 2 aliphatic heterocycles. The average molecular weight is 317 g/mol. The minimum absolute atomic E-state index is 0.176. The van der Waals surface area contributed by atoms with Crippen molar-refractivity contribution in [1.82, 2.24) is 9.78 Å². The fourth-order valence-corrected chi connectivity index (χ4v) is 3.51. The highest BCUT2D eigenvalue weighted by Crippen LogP contribution is 2.32. The van der Waals surface area contributed by atoms with Crippen molar-refractivity contribution in [3.8, 4) is 0 Å². The number of nitrogens with zero attached hydrogens (tertiary/aromatic N) is 3. The molecule has 1 amide bonds. The number of aryl methyl sites for hydroxylation is 1. The number of halogens is 2. The minimum Gasteiger partial charge on any atom is -0.308 e. The normalized spacial score (nSPS) is 19.6. The highest BCUT2D eigenvalue weighted by molar-refractivity contribution is 6.07. The van der Waals surface area contributed by atoms with Crippen molar-refractivity contribution in [3.05, 3.63) is 46.8 Å². The molecule has 0 saturated heterocycles. The van der Waals surface area contributed by atoms with E-state index >= 15 is 0 Å². The molecule has 0 spiro atoms. The van der Waals surface area contributed by atoms with Crippen LogP contribution < -0.4 is 4.90 Å². The third-order valence-corrected chi connectivity index (χ3v) is 4.82. The van der Waals surface area contributed by atoms with Crippen LogP contribution in [0.3, 0.4) is 0 Å². The number of anilines is 1. The Morgan fingerprint density at radius 2 is 2.04 bits per heavy atom. The van der Waals surface area contributed by atoms with E-state index in [0.29, 0.717) is 35.7 Å². The van der Waals surface area contributed by atoms with E-state index < -0.39 is 11.6 Å². The number of aromatic nitrogens is 2. The molecular weight excluding hydrogens is 300 g/mol. The first-order valence-corrected chi connectivity index (χ1v) is 7.89. The topological polar surface area (TPSA) is 38.1 Å². The molecule has 3 heterocycles. The number of hydrogen-bond acceptors (Lipinski definition) is 2. The van der Waals surface area contributed by atoms with Gasteiger partial charge in [-0.2, -0.15) is 5.10 Å². The molecule has 1 aromatic heterocycles. The van der Waals surface area contributed by atoms with Crippen LogP contribution in [0.25, 0.3) is 0 Å². The molecule has 0 radical (unpaired) electrons. The van der Waals surface area contributed by atoms with Gasteiger partial charge in [0.25, 0.3) is 5.91 Å². The van der Waals surface area contributed by atoms with Crippen LogP contribution in [0.4, 0.5) is 14.5 Å². The lowest BCUT2D eigenvalue weighted by Crippen LogP contribution is -2.30. The molecule has 0 aliphatic carbocycles. The summed E-state index contributed by atoms with van der Waals surface area (Å²) in [6.45, 7) is 3.42. The van der Waals surface area contributed by atoms with Crippen LogP contribution in [-0.4, -0.2) is 22.2 Å². The second kappa shape index (κ2) is 5.15. The van der Waals surface area contributed by atoms with Crippen LogP contribution in [0.2, 0.25) is 0 Å². The first-order chi connectivity index (χ1) is 11.0. The Labute approximate surface area is 132 Å². The van der Waals surface area contributed by atoms with E-state index in [9.17, 15) is 13.6 Å². The largest absolute Gasteiger partial charge is 0.308 e. The molecule has 2 aliphatic rings. The summed E-state index contributed by atoms with van der Waals surface area (Å²) in [7, 11) is 0. The van der Waals surface area contributed by atoms with Crippen LogP contribution in [0, 0.1) is 17.6 Å². The lowest BCUT2D eigenvalue weighted by molar-refractivity contribution is 0.0987. The minimum atomic E-state index is -0.922. The van der Waals surface area contributed by atoms with E-state index in [1.807, 2.05) is 4.68 Å². The van der Waals surface area contributed by atoms with Gasteiger partial charge in [-0.05, 0) is 36.8 Å². The van der Waals surface area contributed by atoms with Gasteiger partial charge in [-0.25, -0.2) is 8.78 Å². The van der Waals surface area contributed by atoms with E-state index in [2.05, 4.69) is 12.0 Å². The first kappa shape index (κ1) is 14.4. The predicted molar refractivity (Wildman–Crippen MR) is 81.5 cm³/mol. The number of amides is 1. The van der Waals surface area contributed by atoms with Crippen molar-refractivity contribution in [1.29, 1.82) is 0 Å². The Bertz CT molecular complexity index is 799. The van der Waals surface area contributed by atoms with Gasteiger partial charge in [0.2, 0.25) is 0 Å². The zero-order chi connectivity index (χ0) is 16.1. The number of carbonyl (C=O) groups is 1. The maximum Gasteiger partial charge on any atom is 0.261 e. The summed E-state index contributed by atoms with van der Waals surface area (Å²) in [4.78, 5) is 14.4. The van der Waals surface area contributed by atoms with Gasteiger partial charge in [-0.3, -0.25) is 9.48 Å². The van der Waals surface area contributed by atoms with Crippen LogP contribution in [0.1, 0.15) is 35.0 Å². The molecular formula is C17H17F2N3O. The second-order valence-corrected chi connectivity index (χ2v) is 6.43. The maximum atomic E-state index is 13.5. The molecule has 0 N–H and O–H groups in total. The second-order valence-electron chi connectivity index (χ2n) is 6.43. The van der Waals surface area contributed by atoms with Gasteiger partial charge in [-0.15, -0.1) is 0 Å². The lowest BCUT2D eigenvalue weighted by atomic mass is 9.96. The van der Waals surface area contributed by atoms with Gasteiger partial charge in [0, 0.05) is 19.2 Å². The van der Waals surface area contributed by atoms with Crippen molar-refractivity contribution in [2.45, 2.75) is 32.7 Å². The van der Waals surface area contributed by atoms with E-state index in [4.69, 9.17) is 0 Å². The van der Waals surface area contributed by atoms with E-state index in [-0.39, 0.29) is 5.91 Å². The quantitative estimate of drug-likeness (QED) is 0.811. The average Bonchev–Trinajstić information content (AvgIpc) is 3.11. The number of benzene rings is 1. The molecule has 23 heavy (non-hydrogen) atoms. The van der Waals surface area contributed by atoms with Gasteiger partial charge >= 0.3 is 0 Å². The van der Waals surface area contributed by atoms with Crippen molar-refractivity contribution in [2.24, 2.45) is 5.92 Å². The van der Waals surface area contributed by atoms with Gasteiger partial charge in [0.05, 0.1) is 23.1 Å². The SMILES string of the molecule is CC1CCn2ncc(C(=O)N3CCc4cc(F)c(F)cc43)c2C1. The zero-order valence-corrected chi connectivity index (χ0v) is 12.9. The summed E-state index contributed by atoms with van der Waals surface area (Å²) in [6, 6.07) is 2.31. The van der Waals surface area contributed by atoms with E-state index in [0.717, 1.165) is 31.1 Å². The van der Waals surface area contributed by atoms with Crippen LogP contribution in [0.5, 0.6) is 0 Å². The van der Waals surface area contributed by atoms with Gasteiger partial charge in [0.1, 0.15) is 0 Å². The summed E-state index contributed by atoms with van der Waals surface area (Å²) < 4.78 is 28.8. The Hall–Kier alpha value is -2.24. The molecule has 6 heteroatoms. The molecule has 0 fully saturated rings. The summed E-state index contributed by atoms with van der Waals surface area (Å²) in [5.74, 6) is -1.45. The van der Waals surface area contributed by atoms with Gasteiger partial charge in [-0.1, -0.05) is 6.92 Å². The summed E-state index contributed by atoms with van der Waals surface area (Å²) in [5.41, 5.74) is 2.67. The standard InChI is InChI=1S/C17H17F2N3O/c1-10-2-5-22-16(6-10)12(9-20-22)17(23)21-4-3-11-7-13(18)14(19)8-15(11)21/h7-10H,2-6H2,1H3. The molecule has 120 valence electrons. The zero-order valence-electron chi connectivity index (χ0n) is 12.9. The number of carbonyl (C=O) groups excluding carboxylic acids is 1. The van der Waals surface area contributed by atoms with Crippen LogP contribution >= 0.6 is 0 Å². The molecule has 1 aromatic carbocycles. The fourth-order valence-electron chi connectivity index (χ4n) is 3.51. The van der Waals surface area contributed by atoms with E-state index in [1.165, 1.54) is 11.0 Å². The lowest BCUT2D eigenvalue weighted by Gasteiger charge is -2.22. The van der Waals surface area contributed by atoms with Crippen molar-refractivity contribution < 1.29 is 13.6 Å². The molecule has 2 aromatic rings. The van der Waals surface area contributed by atoms with Crippen molar-refractivity contribution >= 4 is 11.6 Å². The van der Waals surface area contributed by atoms with Gasteiger partial charge in [0.15, 0.2) is 11.6 Å². The van der Waals surface area contributed by atoms with Gasteiger partial charge < -0.3 is 4.90 Å². The third kappa shape index (κ3) is 2.24. The van der Waals surface area contributed by atoms with Crippen molar-refractivity contribution in [2.75, 3.05) is 11.4 Å². The highest BCUT2D eigenvalue weighted by Gasteiger charge is 2.31. The molecule has 4 rings (SSSR count). The smallest absolute Gasteiger partial charge is 0.261 e. The Morgan fingerprint density at radius 1 is 1.26 bits per heavy atom. The monoisotopic (exact) mass is 317 g/mol. The summed E-state index contributed by atoms with van der Waals surface area (Å²) >= 11 is 0. The van der Waals surface area contributed by atoms with Crippen molar-refractivity contribution in [3.63, 3.8) is 0 Å². The van der Waals surface area contributed by atoms with Crippen LogP contribution in [-0.2, 0) is 19.4 Å². The predicted octanol–water partition coefficient (Wildman–Crippen LogP) is 2.95. The molecule has 4 nitrogen and oxygen atoms in total. The fraction of sp³-hybridized carbons (Fsp3) is 0.412. The molecule has 1 unspecified atom stereocenters. The third-order valence-electron chi connectivity index (χ3n) is 4.82. The Kier molecular flexibility index (Phi) is 3.21. The first-order valence-electron chi connectivity index (χ1n) is 7.89. The Morgan fingerprint density at radius 3 is 2.87 bits per heavy atom. The molecule has 0 saturated carbocycles. The van der Waals surface area contributed by atoms with E-state index in [1.54, 1.807) is 6.20 Å². The number of hydrogen-bond donors (Lipinski definition) is 0. The van der Waals surface area contributed by atoms with Crippen LogP contribution in [0.15, 0.2) is 18.3 Å². The highest BCUT2D eigenvalue weighted by atomic mass is 19.2. The molecule has 0 bridgehead atoms.